The van der Waals surface area contributed by atoms with Crippen LogP contribution < -0.4 is 5.32 Å². The summed E-state index contributed by atoms with van der Waals surface area (Å²) >= 11 is 12.2. The van der Waals surface area contributed by atoms with E-state index in [9.17, 15) is 4.79 Å². The van der Waals surface area contributed by atoms with Crippen molar-refractivity contribution in [2.24, 2.45) is 0 Å². The first kappa shape index (κ1) is 16.2. The summed E-state index contributed by atoms with van der Waals surface area (Å²) in [7, 11) is 0. The van der Waals surface area contributed by atoms with Crippen LogP contribution in [-0.4, -0.2) is 17.7 Å². The molecule has 0 atom stereocenters. The smallest absolute Gasteiger partial charge is 0.412 e. The molecule has 0 aliphatic carbocycles. The molecule has 1 heterocycles. The number of nitrogens with zero attached hydrogens (tertiary/aromatic N) is 1. The van der Waals surface area contributed by atoms with Crippen LogP contribution in [0.5, 0.6) is 0 Å². The zero-order valence-corrected chi connectivity index (χ0v) is 13.7. The van der Waals surface area contributed by atoms with Crippen LogP contribution in [-0.2, 0) is 4.74 Å². The Morgan fingerprint density at radius 2 is 2.12 bits per heavy atom. The monoisotopic (exact) mass is 360 g/mol. The van der Waals surface area contributed by atoms with Gasteiger partial charge < -0.3 is 9.15 Å². The minimum Gasteiger partial charge on any atom is -0.436 e. The lowest BCUT2D eigenvalue weighted by Crippen LogP contribution is -2.13. The minimum atomic E-state index is -0.662. The quantitative estimate of drug-likeness (QED) is 0.668. The molecule has 7 heteroatoms. The summed E-state index contributed by atoms with van der Waals surface area (Å²) in [5.74, 6) is 2.53. The van der Waals surface area contributed by atoms with Crippen molar-refractivity contribution in [1.29, 1.82) is 0 Å². The van der Waals surface area contributed by atoms with Crippen LogP contribution >= 0.6 is 23.2 Å². The van der Waals surface area contributed by atoms with Gasteiger partial charge in [0.1, 0.15) is 5.52 Å². The first-order valence-corrected chi connectivity index (χ1v) is 7.55. The standard InChI is InChI=1S/C17H10Cl2N2O3/c1-2-7-23-17(22)20-11-4-5-13(19)12(9-11)16-21-14-8-10(18)3-6-15(14)24-16/h1,3-6,8-9H,7H2,(H,20,22). The van der Waals surface area contributed by atoms with Gasteiger partial charge in [0.2, 0.25) is 5.89 Å². The Hall–Kier alpha value is -2.68. The van der Waals surface area contributed by atoms with Crippen LogP contribution in [0.15, 0.2) is 40.8 Å². The molecule has 1 N–H and O–H groups in total. The van der Waals surface area contributed by atoms with E-state index in [-0.39, 0.29) is 6.61 Å². The SMILES string of the molecule is C#CCOC(=O)Nc1ccc(Cl)c(-c2nc3cc(Cl)ccc3o2)c1. The number of fused-ring (bicyclic) bond motifs is 1. The number of terminal acetylenes is 1. The van der Waals surface area contributed by atoms with Crippen LogP contribution in [0.2, 0.25) is 10.0 Å². The zero-order chi connectivity index (χ0) is 17.1. The van der Waals surface area contributed by atoms with Crippen molar-refractivity contribution in [3.8, 4) is 23.8 Å². The van der Waals surface area contributed by atoms with Crippen LogP contribution in [0.4, 0.5) is 10.5 Å². The molecule has 3 aromatic rings. The third-order valence-electron chi connectivity index (χ3n) is 3.08. The Balaban J connectivity index is 1.93. The Morgan fingerprint density at radius 1 is 1.29 bits per heavy atom. The van der Waals surface area contributed by atoms with Gasteiger partial charge in [-0.15, -0.1) is 6.42 Å². The molecule has 0 bridgehead atoms. The molecule has 0 saturated carbocycles. The number of hydrogen-bond acceptors (Lipinski definition) is 4. The number of halogens is 2. The number of aromatic nitrogens is 1. The van der Waals surface area contributed by atoms with Crippen LogP contribution in [0.3, 0.4) is 0 Å². The number of nitrogens with one attached hydrogen (secondary N) is 1. The van der Waals surface area contributed by atoms with Gasteiger partial charge in [0.25, 0.3) is 0 Å². The Morgan fingerprint density at radius 3 is 2.92 bits per heavy atom. The topological polar surface area (TPSA) is 64.4 Å². The minimum absolute atomic E-state index is 0.113. The van der Waals surface area contributed by atoms with E-state index in [1.807, 2.05) is 0 Å². The highest BCUT2D eigenvalue weighted by Crippen LogP contribution is 2.32. The highest BCUT2D eigenvalue weighted by atomic mass is 35.5. The number of benzene rings is 2. The van der Waals surface area contributed by atoms with Gasteiger partial charge in [-0.3, -0.25) is 5.32 Å². The lowest BCUT2D eigenvalue weighted by Gasteiger charge is -2.07. The lowest BCUT2D eigenvalue weighted by atomic mass is 10.2. The Labute approximate surface area is 147 Å². The molecule has 1 aromatic heterocycles. The van der Waals surface area contributed by atoms with E-state index in [0.717, 1.165) is 0 Å². The highest BCUT2D eigenvalue weighted by Gasteiger charge is 2.14. The molecule has 2 aromatic carbocycles. The number of amides is 1. The summed E-state index contributed by atoms with van der Waals surface area (Å²) in [6.07, 6.45) is 4.37. The average molecular weight is 361 g/mol. The molecule has 0 fully saturated rings. The normalized spacial score (nSPS) is 10.4. The van der Waals surface area contributed by atoms with Gasteiger partial charge in [-0.1, -0.05) is 29.1 Å². The van der Waals surface area contributed by atoms with Crippen LogP contribution in [0, 0.1) is 12.3 Å². The molecule has 0 aliphatic heterocycles. The molecule has 3 rings (SSSR count). The van der Waals surface area contributed by atoms with E-state index in [2.05, 4.69) is 16.2 Å². The molecule has 5 nitrogen and oxygen atoms in total. The molecule has 0 radical (unpaired) electrons. The maximum Gasteiger partial charge on any atom is 0.412 e. The number of rotatable bonds is 3. The molecular formula is C17H10Cl2N2O3. The number of hydrogen-bond donors (Lipinski definition) is 1. The Bertz CT molecular complexity index is 960. The van der Waals surface area contributed by atoms with E-state index >= 15 is 0 Å². The van der Waals surface area contributed by atoms with E-state index < -0.39 is 6.09 Å². The first-order chi connectivity index (χ1) is 11.6. The third kappa shape index (κ3) is 3.46. The number of ether oxygens (including phenoxy) is 1. The second-order valence-corrected chi connectivity index (χ2v) is 5.57. The van der Waals surface area contributed by atoms with Gasteiger partial charge >= 0.3 is 6.09 Å². The van der Waals surface area contributed by atoms with Gasteiger partial charge in [0.15, 0.2) is 12.2 Å². The molecule has 0 spiro atoms. The number of carbonyl (C=O) groups is 1. The second kappa shape index (κ2) is 6.83. The van der Waals surface area contributed by atoms with Crippen LogP contribution in [0.1, 0.15) is 0 Å². The lowest BCUT2D eigenvalue weighted by molar-refractivity contribution is 0.176. The van der Waals surface area contributed by atoms with Crippen molar-refractivity contribution in [1.82, 2.24) is 4.98 Å². The molecule has 24 heavy (non-hydrogen) atoms. The maximum atomic E-state index is 11.6. The van der Waals surface area contributed by atoms with E-state index in [1.165, 1.54) is 0 Å². The van der Waals surface area contributed by atoms with E-state index in [4.69, 9.17) is 38.8 Å². The van der Waals surface area contributed by atoms with Crippen LogP contribution in [0.25, 0.3) is 22.6 Å². The number of carbonyl (C=O) groups excluding carboxylic acids is 1. The molecule has 0 aliphatic rings. The molecule has 0 saturated heterocycles. The predicted molar refractivity (Wildman–Crippen MR) is 93.3 cm³/mol. The third-order valence-corrected chi connectivity index (χ3v) is 3.64. The fourth-order valence-electron chi connectivity index (χ4n) is 2.04. The van der Waals surface area contributed by atoms with Gasteiger partial charge in [0, 0.05) is 10.7 Å². The maximum absolute atomic E-state index is 11.6. The fourth-order valence-corrected chi connectivity index (χ4v) is 2.41. The first-order valence-electron chi connectivity index (χ1n) is 6.80. The average Bonchev–Trinajstić information content (AvgIpc) is 2.97. The Kier molecular flexibility index (Phi) is 4.61. The van der Waals surface area contributed by atoms with Crippen molar-refractivity contribution in [2.75, 3.05) is 11.9 Å². The molecular weight excluding hydrogens is 351 g/mol. The van der Waals surface area contributed by atoms with Crippen molar-refractivity contribution >= 4 is 46.1 Å². The predicted octanol–water partition coefficient (Wildman–Crippen LogP) is 4.98. The second-order valence-electron chi connectivity index (χ2n) is 4.73. The van der Waals surface area contributed by atoms with Gasteiger partial charge in [-0.2, -0.15) is 0 Å². The van der Waals surface area contributed by atoms with E-state index in [0.29, 0.717) is 38.3 Å². The summed E-state index contributed by atoms with van der Waals surface area (Å²) in [4.78, 5) is 15.9. The summed E-state index contributed by atoms with van der Waals surface area (Å²) in [6, 6.07) is 10.0. The van der Waals surface area contributed by atoms with Crippen molar-refractivity contribution in [2.45, 2.75) is 0 Å². The number of oxazole rings is 1. The molecule has 120 valence electrons. The van der Waals surface area contributed by atoms with E-state index in [1.54, 1.807) is 36.4 Å². The van der Waals surface area contributed by atoms with Gasteiger partial charge in [-0.05, 0) is 36.4 Å². The summed E-state index contributed by atoms with van der Waals surface area (Å²) in [5, 5.41) is 3.53. The number of anilines is 1. The molecule has 0 unspecified atom stereocenters. The zero-order valence-electron chi connectivity index (χ0n) is 12.2. The summed E-state index contributed by atoms with van der Waals surface area (Å²) in [6.45, 7) is -0.113. The van der Waals surface area contributed by atoms with Crippen molar-refractivity contribution < 1.29 is 13.9 Å². The summed E-state index contributed by atoms with van der Waals surface area (Å²) in [5.41, 5.74) is 2.19. The summed E-state index contributed by atoms with van der Waals surface area (Å²) < 4.78 is 10.4. The van der Waals surface area contributed by atoms with Gasteiger partial charge in [0.05, 0.1) is 10.6 Å². The van der Waals surface area contributed by atoms with Gasteiger partial charge in [-0.25, -0.2) is 9.78 Å². The highest BCUT2D eigenvalue weighted by molar-refractivity contribution is 6.33. The van der Waals surface area contributed by atoms with Crippen molar-refractivity contribution in [3.05, 3.63) is 46.4 Å². The van der Waals surface area contributed by atoms with Crippen molar-refractivity contribution in [3.63, 3.8) is 0 Å². The fraction of sp³-hybridized carbons (Fsp3) is 0.0588. The largest absolute Gasteiger partial charge is 0.436 e. The molecule has 1 amide bonds.